The third-order valence-corrected chi connectivity index (χ3v) is 2.00. The van der Waals surface area contributed by atoms with Gasteiger partial charge < -0.3 is 25.1 Å². The maximum atomic E-state index is 11.0. The first-order valence-corrected chi connectivity index (χ1v) is 6.03. The number of carboxylic acids is 1. The summed E-state index contributed by atoms with van der Waals surface area (Å²) >= 11 is 0. The van der Waals surface area contributed by atoms with Crippen LogP contribution in [0.25, 0.3) is 0 Å². The van der Waals surface area contributed by atoms with Gasteiger partial charge >= 0.3 is 5.97 Å². The molecule has 0 aromatic rings. The topological polar surface area (TPSA) is 98.8 Å². The summed E-state index contributed by atoms with van der Waals surface area (Å²) in [5, 5.41) is 8.91. The molecule has 0 rings (SSSR count). The van der Waals surface area contributed by atoms with Gasteiger partial charge in [0.2, 0.25) is 0 Å². The summed E-state index contributed by atoms with van der Waals surface area (Å²) in [5.74, 6) is -2.11. The van der Waals surface area contributed by atoms with Gasteiger partial charge in [-0.3, -0.25) is 4.79 Å². The largest absolute Gasteiger partial charge is 0.481 e. The van der Waals surface area contributed by atoms with Gasteiger partial charge in [0, 0.05) is 27.6 Å². The second-order valence-corrected chi connectivity index (χ2v) is 3.56. The zero-order chi connectivity index (χ0) is 19.7. The zero-order valence-corrected chi connectivity index (χ0v) is 10.8. The van der Waals surface area contributed by atoms with Crippen molar-refractivity contribution in [3.05, 3.63) is 0 Å². The van der Waals surface area contributed by atoms with Crippen molar-refractivity contribution in [3.63, 3.8) is 0 Å². The van der Waals surface area contributed by atoms with E-state index in [1.54, 1.807) is 0 Å². The van der Waals surface area contributed by atoms with Crippen molar-refractivity contribution in [2.45, 2.75) is 44.5 Å². The average molecular weight is 281 g/mol. The van der Waals surface area contributed by atoms with Gasteiger partial charge in [-0.05, 0) is 25.6 Å². The molecule has 1 atom stereocenters. The summed E-state index contributed by atoms with van der Waals surface area (Å²) in [6.45, 7) is 0.489. The Balaban J connectivity index is 5.27. The number of rotatable bonds is 14. The number of carbonyl (C=O) groups excluding carboxylic acids is 1. The zero-order valence-electron chi connectivity index (χ0n) is 16.8. The summed E-state index contributed by atoms with van der Waals surface area (Å²) in [7, 11) is 0. The lowest BCUT2D eigenvalue weighted by atomic mass is 10.1. The lowest BCUT2D eigenvalue weighted by molar-refractivity contribution is -0.137. The molecule has 0 bridgehead atoms. The van der Waals surface area contributed by atoms with Crippen LogP contribution in [-0.4, -0.2) is 49.8 Å². The SMILES string of the molecule is [2H]C([2H])(C(=O)O)C([2H])([2H])C([2H])([2H])C(CCCC=O)OCCOCCN. The molecule has 0 aliphatic heterocycles. The van der Waals surface area contributed by atoms with Crippen LogP contribution in [0.2, 0.25) is 0 Å². The molecule has 19 heavy (non-hydrogen) atoms. The Hall–Kier alpha value is -0.980. The van der Waals surface area contributed by atoms with E-state index < -0.39 is 31.2 Å². The van der Waals surface area contributed by atoms with Crippen molar-refractivity contribution < 1.29 is 32.4 Å². The van der Waals surface area contributed by atoms with Gasteiger partial charge in [0.05, 0.1) is 25.9 Å². The third-order valence-electron chi connectivity index (χ3n) is 2.00. The summed E-state index contributed by atoms with van der Waals surface area (Å²) < 4.78 is 56.7. The monoisotopic (exact) mass is 281 g/mol. The number of unbranched alkanes of at least 4 members (excludes halogenated alkanes) is 1. The molecule has 6 heteroatoms. The standard InChI is InChI=1S/C13H25NO5/c14-7-9-18-10-11-19-12(4-1-2-8-15)5-3-6-13(16)17/h8,12H,1-7,9-11,14H2,(H,16,17)/i3D2,5D2,6D2. The molecule has 0 radical (unpaired) electrons. The Labute approximate surface area is 122 Å². The van der Waals surface area contributed by atoms with E-state index in [2.05, 4.69) is 0 Å². The number of carbonyl (C=O) groups is 2. The Morgan fingerprint density at radius 3 is 2.84 bits per heavy atom. The molecule has 0 aromatic heterocycles. The van der Waals surface area contributed by atoms with E-state index in [-0.39, 0.29) is 45.6 Å². The van der Waals surface area contributed by atoms with E-state index in [1.807, 2.05) is 0 Å². The highest BCUT2D eigenvalue weighted by Gasteiger charge is 2.10. The number of carboxylic acid groups (broad SMARTS) is 1. The molecule has 6 nitrogen and oxygen atoms in total. The van der Waals surface area contributed by atoms with Crippen LogP contribution in [0.1, 0.15) is 46.6 Å². The summed E-state index contributed by atoms with van der Waals surface area (Å²) in [6, 6.07) is 0. The molecule has 3 N–H and O–H groups in total. The van der Waals surface area contributed by atoms with Crippen LogP contribution >= 0.6 is 0 Å². The van der Waals surface area contributed by atoms with E-state index in [0.29, 0.717) is 6.29 Å². The van der Waals surface area contributed by atoms with Crippen LogP contribution in [-0.2, 0) is 19.1 Å². The van der Waals surface area contributed by atoms with Crippen LogP contribution in [0, 0.1) is 0 Å². The van der Waals surface area contributed by atoms with Crippen LogP contribution in [0.5, 0.6) is 0 Å². The van der Waals surface area contributed by atoms with Gasteiger partial charge in [-0.15, -0.1) is 0 Å². The van der Waals surface area contributed by atoms with Crippen molar-refractivity contribution in [1.29, 1.82) is 0 Å². The summed E-state index contributed by atoms with van der Waals surface area (Å²) in [6.07, 6.45) is -10.5. The molecule has 0 aromatic carbocycles. The van der Waals surface area contributed by atoms with E-state index in [9.17, 15) is 9.59 Å². The minimum Gasteiger partial charge on any atom is -0.481 e. The molecule has 1 unspecified atom stereocenters. The Kier molecular flexibility index (Phi) is 6.97. The molecular weight excluding hydrogens is 250 g/mol. The lowest BCUT2D eigenvalue weighted by Gasteiger charge is -2.17. The second-order valence-electron chi connectivity index (χ2n) is 3.56. The minimum atomic E-state index is -3.47. The Morgan fingerprint density at radius 1 is 1.42 bits per heavy atom. The van der Waals surface area contributed by atoms with Crippen molar-refractivity contribution in [3.8, 4) is 0 Å². The molecule has 0 fully saturated rings. The number of hydrogen-bond donors (Lipinski definition) is 2. The van der Waals surface area contributed by atoms with Gasteiger partial charge in [0.25, 0.3) is 0 Å². The summed E-state index contributed by atoms with van der Waals surface area (Å²) in [5.41, 5.74) is 5.25. The fourth-order valence-electron chi connectivity index (χ4n) is 1.19. The molecule has 0 aliphatic rings. The summed E-state index contributed by atoms with van der Waals surface area (Å²) in [4.78, 5) is 21.5. The maximum absolute atomic E-state index is 11.0. The number of nitrogens with two attached hydrogens (primary N) is 1. The highest BCUT2D eigenvalue weighted by Crippen LogP contribution is 2.12. The normalized spacial score (nSPS) is 19.2. The first-order chi connectivity index (χ1) is 11.5. The minimum absolute atomic E-state index is 0.0618. The first-order valence-electron chi connectivity index (χ1n) is 9.03. The predicted molar refractivity (Wildman–Crippen MR) is 71.0 cm³/mol. The van der Waals surface area contributed by atoms with Crippen LogP contribution < -0.4 is 5.73 Å². The number of aldehydes is 1. The molecule has 0 aliphatic carbocycles. The lowest BCUT2D eigenvalue weighted by Crippen LogP contribution is -2.18. The highest BCUT2D eigenvalue weighted by atomic mass is 16.5. The van der Waals surface area contributed by atoms with Gasteiger partial charge in [0.1, 0.15) is 6.29 Å². The van der Waals surface area contributed by atoms with Crippen LogP contribution in [0.15, 0.2) is 0 Å². The van der Waals surface area contributed by atoms with E-state index in [0.717, 1.165) is 0 Å². The smallest absolute Gasteiger partial charge is 0.303 e. The molecular formula is C13H25NO5. The van der Waals surface area contributed by atoms with Gasteiger partial charge in [-0.1, -0.05) is 0 Å². The van der Waals surface area contributed by atoms with E-state index in [4.69, 9.17) is 28.5 Å². The van der Waals surface area contributed by atoms with E-state index in [1.165, 1.54) is 0 Å². The quantitative estimate of drug-likeness (QED) is 0.363. The number of ether oxygens (including phenoxy) is 2. The number of aliphatic carboxylic acids is 1. The molecule has 112 valence electrons. The van der Waals surface area contributed by atoms with Crippen LogP contribution in [0.3, 0.4) is 0 Å². The molecule has 0 amide bonds. The Bertz CT molecular complexity index is 435. The Morgan fingerprint density at radius 2 is 2.21 bits per heavy atom. The third kappa shape index (κ3) is 13.3. The first kappa shape index (κ1) is 9.85. The van der Waals surface area contributed by atoms with E-state index >= 15 is 0 Å². The molecule has 0 saturated carbocycles. The highest BCUT2D eigenvalue weighted by molar-refractivity contribution is 5.66. The molecule has 0 spiro atoms. The van der Waals surface area contributed by atoms with Gasteiger partial charge in [0.15, 0.2) is 0 Å². The molecule has 0 saturated heterocycles. The number of hydrogen-bond acceptors (Lipinski definition) is 5. The second kappa shape index (κ2) is 13.5. The van der Waals surface area contributed by atoms with Gasteiger partial charge in [-0.2, -0.15) is 0 Å². The predicted octanol–water partition coefficient (Wildman–Crippen LogP) is 0.971. The maximum Gasteiger partial charge on any atom is 0.303 e. The molecule has 0 heterocycles. The average Bonchev–Trinajstić information content (AvgIpc) is 2.52. The van der Waals surface area contributed by atoms with Gasteiger partial charge in [-0.25, -0.2) is 0 Å². The fourth-order valence-corrected chi connectivity index (χ4v) is 1.19. The van der Waals surface area contributed by atoms with Crippen molar-refractivity contribution in [1.82, 2.24) is 0 Å². The van der Waals surface area contributed by atoms with Crippen molar-refractivity contribution in [2.75, 3.05) is 26.4 Å². The fraction of sp³-hybridized carbons (Fsp3) is 0.846. The van der Waals surface area contributed by atoms with Crippen molar-refractivity contribution in [2.24, 2.45) is 5.73 Å². The van der Waals surface area contributed by atoms with Crippen LogP contribution in [0.4, 0.5) is 0 Å². The van der Waals surface area contributed by atoms with Crippen molar-refractivity contribution >= 4 is 12.3 Å².